The van der Waals surface area contributed by atoms with Crippen LogP contribution in [0.25, 0.3) is 0 Å². The molecule has 0 radical (unpaired) electrons. The Balaban J connectivity index is 1.75. The Kier molecular flexibility index (Phi) is 7.85. The number of furan rings is 1. The third kappa shape index (κ3) is 7.30. The lowest BCUT2D eigenvalue weighted by molar-refractivity contribution is -0.119. The molecule has 1 aromatic carbocycles. The molecular weight excluding hydrogens is 340 g/mol. The molecule has 0 atom stereocenters. The first-order valence-electron chi connectivity index (χ1n) is 8.23. The molecule has 0 aliphatic rings. The van der Waals surface area contributed by atoms with Gasteiger partial charge in [-0.15, -0.1) is 0 Å². The van der Waals surface area contributed by atoms with E-state index in [0.717, 1.165) is 23.6 Å². The summed E-state index contributed by atoms with van der Waals surface area (Å²) in [5.74, 6) is 1.16. The van der Waals surface area contributed by atoms with Crippen molar-refractivity contribution in [2.24, 2.45) is 4.99 Å². The first-order chi connectivity index (χ1) is 12.2. The Bertz CT molecular complexity index is 686. The summed E-state index contributed by atoms with van der Waals surface area (Å²) in [5, 5.41) is 9.82. The van der Waals surface area contributed by atoms with E-state index in [1.165, 1.54) is 0 Å². The third-order valence-electron chi connectivity index (χ3n) is 3.36. The molecule has 0 unspecified atom stereocenters. The van der Waals surface area contributed by atoms with Crippen molar-refractivity contribution in [1.82, 2.24) is 16.0 Å². The molecule has 7 heteroatoms. The monoisotopic (exact) mass is 362 g/mol. The predicted molar refractivity (Wildman–Crippen MR) is 99.7 cm³/mol. The van der Waals surface area contributed by atoms with E-state index in [9.17, 15) is 4.79 Å². The maximum Gasteiger partial charge on any atom is 0.242 e. The van der Waals surface area contributed by atoms with E-state index in [2.05, 4.69) is 20.9 Å². The second-order valence-electron chi connectivity index (χ2n) is 5.36. The van der Waals surface area contributed by atoms with Gasteiger partial charge in [0.25, 0.3) is 0 Å². The van der Waals surface area contributed by atoms with Crippen molar-refractivity contribution in [3.8, 4) is 0 Å². The molecule has 0 aliphatic carbocycles. The molecule has 1 aromatic heterocycles. The van der Waals surface area contributed by atoms with Gasteiger partial charge in [0, 0.05) is 18.1 Å². The fourth-order valence-corrected chi connectivity index (χ4v) is 2.38. The third-order valence-corrected chi connectivity index (χ3v) is 3.60. The van der Waals surface area contributed by atoms with E-state index in [4.69, 9.17) is 16.0 Å². The molecule has 3 N–H and O–H groups in total. The minimum absolute atomic E-state index is 0.0488. The number of guanidine groups is 1. The Morgan fingerprint density at radius 1 is 1.20 bits per heavy atom. The lowest BCUT2D eigenvalue weighted by Crippen LogP contribution is -2.39. The minimum atomic E-state index is -0.163. The Hall–Kier alpha value is -2.47. The van der Waals surface area contributed by atoms with Crippen LogP contribution in [0.15, 0.2) is 52.1 Å². The van der Waals surface area contributed by atoms with Crippen LogP contribution in [0.3, 0.4) is 0 Å². The fraction of sp³-hybridized carbons (Fsp3) is 0.333. The van der Waals surface area contributed by atoms with Gasteiger partial charge in [0.1, 0.15) is 12.3 Å². The van der Waals surface area contributed by atoms with Crippen LogP contribution in [0.4, 0.5) is 0 Å². The summed E-state index contributed by atoms with van der Waals surface area (Å²) in [4.78, 5) is 16.1. The smallest absolute Gasteiger partial charge is 0.242 e. The Labute approximate surface area is 152 Å². The molecule has 2 aromatic rings. The number of amides is 1. The van der Waals surface area contributed by atoms with E-state index in [-0.39, 0.29) is 12.5 Å². The normalized spacial score (nSPS) is 11.2. The quantitative estimate of drug-likeness (QED) is 0.497. The second kappa shape index (κ2) is 10.4. The number of nitrogens with zero attached hydrogens (tertiary/aromatic N) is 1. The van der Waals surface area contributed by atoms with Crippen molar-refractivity contribution in [2.75, 3.05) is 19.6 Å². The molecule has 0 saturated carbocycles. The summed E-state index contributed by atoms with van der Waals surface area (Å²) in [6.45, 7) is 3.80. The zero-order chi connectivity index (χ0) is 17.9. The highest BCUT2D eigenvalue weighted by Crippen LogP contribution is 2.10. The highest BCUT2D eigenvalue weighted by Gasteiger charge is 2.03. The van der Waals surface area contributed by atoms with Gasteiger partial charge in [-0.2, -0.15) is 0 Å². The first-order valence-corrected chi connectivity index (χ1v) is 8.61. The maximum absolute atomic E-state index is 11.8. The fourth-order valence-electron chi connectivity index (χ4n) is 2.17. The van der Waals surface area contributed by atoms with Crippen molar-refractivity contribution >= 4 is 23.5 Å². The second-order valence-corrected chi connectivity index (χ2v) is 5.79. The number of nitrogens with one attached hydrogen (secondary N) is 3. The van der Waals surface area contributed by atoms with Crippen LogP contribution in [0, 0.1) is 0 Å². The zero-order valence-corrected chi connectivity index (χ0v) is 15.0. The number of aliphatic imine (C=N–C) groups is 1. The molecule has 134 valence electrons. The molecule has 0 saturated heterocycles. The number of hydrogen-bond donors (Lipinski definition) is 3. The van der Waals surface area contributed by atoms with Gasteiger partial charge in [-0.3, -0.25) is 4.79 Å². The topological polar surface area (TPSA) is 78.7 Å². The van der Waals surface area contributed by atoms with Gasteiger partial charge in [0.05, 0.1) is 12.8 Å². The van der Waals surface area contributed by atoms with Crippen molar-refractivity contribution in [1.29, 1.82) is 0 Å². The van der Waals surface area contributed by atoms with E-state index in [1.54, 1.807) is 12.3 Å². The molecular formula is C18H23ClN4O2. The SMILES string of the molecule is CCNC(=NCC(=O)NCc1ccco1)NCCc1cccc(Cl)c1. The summed E-state index contributed by atoms with van der Waals surface area (Å²) >= 11 is 5.98. The Morgan fingerprint density at radius 3 is 2.80 bits per heavy atom. The maximum atomic E-state index is 11.8. The number of carbonyl (C=O) groups is 1. The summed E-state index contributed by atoms with van der Waals surface area (Å²) in [6.07, 6.45) is 2.39. The average Bonchev–Trinajstić information content (AvgIpc) is 3.11. The van der Waals surface area contributed by atoms with Crippen LogP contribution in [0.5, 0.6) is 0 Å². The van der Waals surface area contributed by atoms with Gasteiger partial charge < -0.3 is 20.4 Å². The van der Waals surface area contributed by atoms with Gasteiger partial charge in [-0.1, -0.05) is 23.7 Å². The Morgan fingerprint density at radius 2 is 2.08 bits per heavy atom. The minimum Gasteiger partial charge on any atom is -0.467 e. The molecule has 0 aliphatic heterocycles. The van der Waals surface area contributed by atoms with Gasteiger partial charge >= 0.3 is 0 Å². The largest absolute Gasteiger partial charge is 0.467 e. The van der Waals surface area contributed by atoms with Crippen LogP contribution in [0.2, 0.25) is 5.02 Å². The standard InChI is InChI=1S/C18H23ClN4O2/c1-2-20-18(21-9-8-14-5-3-6-15(19)11-14)23-13-17(24)22-12-16-7-4-10-25-16/h3-7,10-11H,2,8-9,12-13H2,1H3,(H,22,24)(H2,20,21,23). The zero-order valence-electron chi connectivity index (χ0n) is 14.2. The van der Waals surface area contributed by atoms with Gasteiger partial charge in [0.2, 0.25) is 5.91 Å². The van der Waals surface area contributed by atoms with Gasteiger partial charge in [0.15, 0.2) is 5.96 Å². The number of benzene rings is 1. The molecule has 1 heterocycles. The lowest BCUT2D eigenvalue weighted by Gasteiger charge is -2.11. The lowest BCUT2D eigenvalue weighted by atomic mass is 10.1. The van der Waals surface area contributed by atoms with Crippen molar-refractivity contribution in [3.05, 3.63) is 59.0 Å². The van der Waals surface area contributed by atoms with Gasteiger partial charge in [-0.05, 0) is 43.2 Å². The number of carbonyl (C=O) groups excluding carboxylic acids is 1. The molecule has 2 rings (SSSR count). The summed E-state index contributed by atoms with van der Waals surface area (Å²) < 4.78 is 5.17. The molecule has 0 bridgehead atoms. The van der Waals surface area contributed by atoms with E-state index < -0.39 is 0 Å². The van der Waals surface area contributed by atoms with Crippen molar-refractivity contribution in [3.63, 3.8) is 0 Å². The number of halogens is 1. The van der Waals surface area contributed by atoms with Crippen LogP contribution in [-0.2, 0) is 17.8 Å². The molecule has 0 spiro atoms. The van der Waals surface area contributed by atoms with Crippen molar-refractivity contribution < 1.29 is 9.21 Å². The predicted octanol–water partition coefficient (Wildman–Crippen LogP) is 2.35. The molecule has 25 heavy (non-hydrogen) atoms. The van der Waals surface area contributed by atoms with E-state index in [1.807, 2.05) is 37.3 Å². The van der Waals surface area contributed by atoms with Crippen LogP contribution in [0.1, 0.15) is 18.2 Å². The molecule has 0 fully saturated rings. The summed E-state index contributed by atoms with van der Waals surface area (Å²) in [6, 6.07) is 11.3. The van der Waals surface area contributed by atoms with Crippen LogP contribution < -0.4 is 16.0 Å². The highest BCUT2D eigenvalue weighted by atomic mass is 35.5. The highest BCUT2D eigenvalue weighted by molar-refractivity contribution is 6.30. The van der Waals surface area contributed by atoms with E-state index >= 15 is 0 Å². The summed E-state index contributed by atoms with van der Waals surface area (Å²) in [7, 11) is 0. The average molecular weight is 363 g/mol. The first kappa shape index (κ1) is 18.9. The molecule has 1 amide bonds. The van der Waals surface area contributed by atoms with Crippen LogP contribution >= 0.6 is 11.6 Å². The van der Waals surface area contributed by atoms with Crippen molar-refractivity contribution in [2.45, 2.75) is 19.9 Å². The van der Waals surface area contributed by atoms with Crippen LogP contribution in [-0.4, -0.2) is 31.5 Å². The number of hydrogen-bond acceptors (Lipinski definition) is 3. The number of rotatable bonds is 8. The summed E-state index contributed by atoms with van der Waals surface area (Å²) in [5.41, 5.74) is 1.15. The molecule has 6 nitrogen and oxygen atoms in total. The van der Waals surface area contributed by atoms with E-state index in [0.29, 0.717) is 24.8 Å². The van der Waals surface area contributed by atoms with Gasteiger partial charge in [-0.25, -0.2) is 4.99 Å².